The molecule has 1 aromatic carbocycles. The predicted octanol–water partition coefficient (Wildman–Crippen LogP) is 1.53. The molecule has 21 heavy (non-hydrogen) atoms. The van der Waals surface area contributed by atoms with Crippen LogP contribution in [0.5, 0.6) is 5.75 Å². The molecule has 9 heteroatoms. The van der Waals surface area contributed by atoms with E-state index in [9.17, 15) is 19.7 Å². The zero-order valence-corrected chi connectivity index (χ0v) is 12.4. The molecular weight excluding hydrogens is 300 g/mol. The molecule has 0 heterocycles. The van der Waals surface area contributed by atoms with Crippen LogP contribution in [-0.4, -0.2) is 41.3 Å². The van der Waals surface area contributed by atoms with E-state index in [0.29, 0.717) is 4.90 Å². The topological polar surface area (TPSA) is 119 Å². The van der Waals surface area contributed by atoms with Crippen LogP contribution in [0.4, 0.5) is 5.69 Å². The second kappa shape index (κ2) is 6.93. The molecule has 0 fully saturated rings. The Morgan fingerprint density at radius 2 is 2.10 bits per heavy atom. The SMILES string of the molecule is COc1cc([N+](=O)[O-])c(C(=O)N[C@@H](C)C(=O)O)cc1SC. The standard InChI is InChI=1S/C12H14N2O6S/c1-6(12(16)17)13-11(15)7-4-10(21-3)9(20-2)5-8(7)14(18)19/h4-6H,1-3H3,(H,13,15)(H,16,17)/t6-/m0/s1. The van der Waals surface area contributed by atoms with Crippen LogP contribution in [-0.2, 0) is 4.79 Å². The fraction of sp³-hybridized carbons (Fsp3) is 0.333. The first-order valence-electron chi connectivity index (χ1n) is 5.75. The Morgan fingerprint density at radius 3 is 2.52 bits per heavy atom. The lowest BCUT2D eigenvalue weighted by Crippen LogP contribution is -2.38. The Morgan fingerprint density at radius 1 is 1.48 bits per heavy atom. The van der Waals surface area contributed by atoms with Gasteiger partial charge in [-0.25, -0.2) is 0 Å². The van der Waals surface area contributed by atoms with Crippen molar-refractivity contribution in [3.63, 3.8) is 0 Å². The van der Waals surface area contributed by atoms with Gasteiger partial charge in [-0.15, -0.1) is 11.8 Å². The normalized spacial score (nSPS) is 11.6. The van der Waals surface area contributed by atoms with Crippen molar-refractivity contribution in [3.8, 4) is 5.75 Å². The number of aliphatic carboxylic acids is 1. The maximum atomic E-state index is 12.0. The highest BCUT2D eigenvalue weighted by atomic mass is 32.2. The van der Waals surface area contributed by atoms with Gasteiger partial charge in [0, 0.05) is 0 Å². The van der Waals surface area contributed by atoms with Gasteiger partial charge in [-0.2, -0.15) is 0 Å². The van der Waals surface area contributed by atoms with E-state index < -0.39 is 28.5 Å². The van der Waals surface area contributed by atoms with Crippen molar-refractivity contribution in [2.45, 2.75) is 17.9 Å². The van der Waals surface area contributed by atoms with E-state index in [1.165, 1.54) is 31.9 Å². The Bertz CT molecular complexity index is 589. The number of benzene rings is 1. The van der Waals surface area contributed by atoms with Gasteiger partial charge >= 0.3 is 5.97 Å². The number of ether oxygens (including phenoxy) is 1. The number of carbonyl (C=O) groups excluding carboxylic acids is 1. The molecule has 0 aromatic heterocycles. The number of amides is 1. The zero-order chi connectivity index (χ0) is 16.2. The minimum absolute atomic E-state index is 0.210. The summed E-state index contributed by atoms with van der Waals surface area (Å²) < 4.78 is 5.03. The number of carbonyl (C=O) groups is 2. The van der Waals surface area contributed by atoms with Crippen LogP contribution in [0.15, 0.2) is 17.0 Å². The summed E-state index contributed by atoms with van der Waals surface area (Å²) in [6, 6.07) is 1.30. The fourth-order valence-corrected chi connectivity index (χ4v) is 2.12. The molecule has 0 bridgehead atoms. The minimum Gasteiger partial charge on any atom is -0.495 e. The minimum atomic E-state index is -1.23. The third-order valence-electron chi connectivity index (χ3n) is 2.66. The van der Waals surface area contributed by atoms with Crippen LogP contribution < -0.4 is 10.1 Å². The maximum Gasteiger partial charge on any atom is 0.325 e. The molecule has 1 rings (SSSR count). The number of methoxy groups -OCH3 is 1. The number of nitro groups is 1. The molecule has 8 nitrogen and oxygen atoms in total. The molecule has 0 radical (unpaired) electrons. The van der Waals surface area contributed by atoms with E-state index in [0.717, 1.165) is 6.07 Å². The lowest BCUT2D eigenvalue weighted by atomic mass is 10.1. The second-order valence-electron chi connectivity index (χ2n) is 4.01. The van der Waals surface area contributed by atoms with Gasteiger partial charge in [0.25, 0.3) is 11.6 Å². The van der Waals surface area contributed by atoms with Crippen molar-refractivity contribution < 1.29 is 24.4 Å². The number of nitrogens with zero attached hydrogens (tertiary/aromatic N) is 1. The number of nitro benzene ring substituents is 1. The van der Waals surface area contributed by atoms with Gasteiger partial charge in [0.2, 0.25) is 0 Å². The molecule has 0 aliphatic rings. The predicted molar refractivity (Wildman–Crippen MR) is 76.0 cm³/mol. The van der Waals surface area contributed by atoms with Gasteiger partial charge < -0.3 is 15.2 Å². The van der Waals surface area contributed by atoms with E-state index in [2.05, 4.69) is 5.32 Å². The molecule has 1 aromatic rings. The van der Waals surface area contributed by atoms with E-state index >= 15 is 0 Å². The van der Waals surface area contributed by atoms with E-state index in [-0.39, 0.29) is 11.3 Å². The average Bonchev–Trinajstić information content (AvgIpc) is 2.45. The van der Waals surface area contributed by atoms with Crippen molar-refractivity contribution in [3.05, 3.63) is 27.8 Å². The van der Waals surface area contributed by atoms with Crippen molar-refractivity contribution >= 4 is 29.3 Å². The van der Waals surface area contributed by atoms with Gasteiger partial charge in [-0.05, 0) is 19.2 Å². The largest absolute Gasteiger partial charge is 0.495 e. The summed E-state index contributed by atoms with van der Waals surface area (Å²) in [6.45, 7) is 1.27. The summed E-state index contributed by atoms with van der Waals surface area (Å²) in [5.41, 5.74) is -0.655. The van der Waals surface area contributed by atoms with Crippen LogP contribution in [0.2, 0.25) is 0 Å². The summed E-state index contributed by atoms with van der Waals surface area (Å²) in [6.07, 6.45) is 1.73. The third-order valence-corrected chi connectivity index (χ3v) is 3.42. The molecule has 0 saturated heterocycles. The number of rotatable bonds is 6. The Kier molecular flexibility index (Phi) is 5.53. The highest BCUT2D eigenvalue weighted by Crippen LogP contribution is 2.34. The van der Waals surface area contributed by atoms with Crippen LogP contribution in [0.1, 0.15) is 17.3 Å². The first kappa shape index (κ1) is 16.8. The maximum absolute atomic E-state index is 12.0. The van der Waals surface area contributed by atoms with Gasteiger partial charge in [0.05, 0.1) is 23.0 Å². The van der Waals surface area contributed by atoms with Gasteiger partial charge in [-0.1, -0.05) is 0 Å². The first-order chi connectivity index (χ1) is 9.81. The monoisotopic (exact) mass is 314 g/mol. The molecule has 0 spiro atoms. The van der Waals surface area contributed by atoms with Gasteiger partial charge in [0.15, 0.2) is 0 Å². The van der Waals surface area contributed by atoms with Crippen molar-refractivity contribution in [2.75, 3.05) is 13.4 Å². The lowest BCUT2D eigenvalue weighted by Gasteiger charge is -2.12. The lowest BCUT2D eigenvalue weighted by molar-refractivity contribution is -0.385. The van der Waals surface area contributed by atoms with Crippen LogP contribution in [0.3, 0.4) is 0 Å². The molecule has 0 aliphatic carbocycles. The number of hydrogen-bond donors (Lipinski definition) is 2. The molecule has 1 atom stereocenters. The van der Waals surface area contributed by atoms with Crippen molar-refractivity contribution in [1.29, 1.82) is 0 Å². The smallest absolute Gasteiger partial charge is 0.325 e. The molecule has 2 N–H and O–H groups in total. The molecular formula is C12H14N2O6S. The van der Waals surface area contributed by atoms with Crippen LogP contribution >= 0.6 is 11.8 Å². The summed E-state index contributed by atoms with van der Waals surface area (Å²) in [7, 11) is 1.37. The highest BCUT2D eigenvalue weighted by molar-refractivity contribution is 7.98. The van der Waals surface area contributed by atoms with Crippen LogP contribution in [0, 0.1) is 10.1 Å². The van der Waals surface area contributed by atoms with E-state index in [1.807, 2.05) is 0 Å². The number of hydrogen-bond acceptors (Lipinski definition) is 6. The van der Waals surface area contributed by atoms with Crippen LogP contribution in [0.25, 0.3) is 0 Å². The Hall–Kier alpha value is -2.29. The molecule has 0 saturated carbocycles. The molecule has 1 amide bonds. The molecule has 114 valence electrons. The van der Waals surface area contributed by atoms with Gasteiger partial charge in [-0.3, -0.25) is 19.7 Å². The fourth-order valence-electron chi connectivity index (χ4n) is 1.54. The first-order valence-corrected chi connectivity index (χ1v) is 6.98. The number of thioether (sulfide) groups is 1. The summed E-state index contributed by atoms with van der Waals surface area (Å²) in [5.74, 6) is -1.78. The van der Waals surface area contributed by atoms with E-state index in [4.69, 9.17) is 9.84 Å². The number of carboxylic acid groups (broad SMARTS) is 1. The quantitative estimate of drug-likeness (QED) is 0.464. The third kappa shape index (κ3) is 3.85. The molecule has 0 aliphatic heterocycles. The number of carboxylic acids is 1. The zero-order valence-electron chi connectivity index (χ0n) is 11.6. The van der Waals surface area contributed by atoms with Gasteiger partial charge in [0.1, 0.15) is 17.4 Å². The van der Waals surface area contributed by atoms with E-state index in [1.54, 1.807) is 6.26 Å². The Balaban J connectivity index is 3.29. The van der Waals surface area contributed by atoms with Crippen molar-refractivity contribution in [1.82, 2.24) is 5.32 Å². The number of nitrogens with one attached hydrogen (secondary N) is 1. The summed E-state index contributed by atoms with van der Waals surface area (Å²) in [4.78, 5) is 33.6. The Labute approximate surface area is 124 Å². The second-order valence-corrected chi connectivity index (χ2v) is 4.86. The summed E-state index contributed by atoms with van der Waals surface area (Å²) in [5, 5.41) is 22.0. The summed E-state index contributed by atoms with van der Waals surface area (Å²) >= 11 is 1.25. The van der Waals surface area contributed by atoms with Crippen molar-refractivity contribution in [2.24, 2.45) is 0 Å². The molecule has 0 unspecified atom stereocenters. The highest BCUT2D eigenvalue weighted by Gasteiger charge is 2.25. The average molecular weight is 314 g/mol.